The minimum absolute atomic E-state index is 0.0582. The van der Waals surface area contributed by atoms with E-state index >= 15 is 4.39 Å². The average Bonchev–Trinajstić information content (AvgIpc) is 1.71. The zero-order valence-electron chi connectivity index (χ0n) is 89.3. The Bertz CT molecular complexity index is 5990. The molecule has 802 valence electrons. The second kappa shape index (κ2) is 37.5. The molecule has 147 heavy (non-hydrogen) atoms. The summed E-state index contributed by atoms with van der Waals surface area (Å²) in [6.07, 6.45) is 28.7. The molecular formula is C120H153F7O20. The number of ether oxygens (including phenoxy) is 2. The zero-order chi connectivity index (χ0) is 108. The molecule has 20 nitrogen and oxygen atoms in total. The third-order valence-electron chi connectivity index (χ3n) is 44.9. The number of hydrogen-bond acceptors (Lipinski definition) is 20. The van der Waals surface area contributed by atoms with Crippen molar-refractivity contribution < 1.29 is 128 Å². The Labute approximate surface area is 859 Å². The minimum Gasteiger partial charge on any atom is -0.458 e. The molecule has 35 atom stereocenters. The van der Waals surface area contributed by atoms with E-state index in [2.05, 4.69) is 39.8 Å². The van der Waals surface area contributed by atoms with Crippen molar-refractivity contribution in [3.05, 3.63) is 153 Å². The van der Waals surface area contributed by atoms with Gasteiger partial charge in [-0.05, 0) is 289 Å². The summed E-state index contributed by atoms with van der Waals surface area (Å²) in [5, 5.41) is 63.2. The summed E-state index contributed by atoms with van der Waals surface area (Å²) in [6, 6.07) is 0. The van der Waals surface area contributed by atoms with Crippen molar-refractivity contribution in [2.45, 2.75) is 303 Å². The first-order valence-electron chi connectivity index (χ1n) is 53.7. The highest BCUT2D eigenvalue weighted by molar-refractivity contribution is 6.03. The Morgan fingerprint density at radius 3 is 1.27 bits per heavy atom. The van der Waals surface area contributed by atoms with Crippen LogP contribution in [0.1, 0.15) is 267 Å². The number of rotatable bonds is 12. The molecular weight excluding hydrogens is 1890 g/mol. The van der Waals surface area contributed by atoms with Crippen LogP contribution >= 0.6 is 0 Å². The van der Waals surface area contributed by atoms with Gasteiger partial charge in [0.15, 0.2) is 65.3 Å². The zero-order valence-corrected chi connectivity index (χ0v) is 89.3. The number of carbonyl (C=O) groups is 12. The largest absolute Gasteiger partial charge is 0.458 e. The Hall–Kier alpha value is -8.47. The monoisotopic (exact) mass is 2050 g/mol. The topological polar surface area (TPSA) is 345 Å². The number of aliphatic hydroxyl groups excluding tert-OH is 3. The second-order valence-electron chi connectivity index (χ2n) is 51.1. The van der Waals surface area contributed by atoms with Crippen LogP contribution in [0.4, 0.5) is 30.7 Å². The summed E-state index contributed by atoms with van der Waals surface area (Å²) >= 11 is 0. The van der Waals surface area contributed by atoms with Crippen molar-refractivity contribution in [2.75, 3.05) is 33.0 Å². The highest BCUT2D eigenvalue weighted by Gasteiger charge is 2.75. The van der Waals surface area contributed by atoms with E-state index in [1.54, 1.807) is 31.2 Å². The van der Waals surface area contributed by atoms with Gasteiger partial charge in [-0.3, -0.25) is 57.5 Å². The quantitative estimate of drug-likeness (QED) is 0.0600. The van der Waals surface area contributed by atoms with Gasteiger partial charge in [0.25, 0.3) is 0 Å². The van der Waals surface area contributed by atoms with Crippen LogP contribution in [-0.2, 0) is 67.0 Å². The third-order valence-corrected chi connectivity index (χ3v) is 44.9. The molecule has 0 aromatic carbocycles. The van der Waals surface area contributed by atoms with E-state index in [1.165, 1.54) is 60.4 Å². The molecule has 0 aromatic rings. The highest BCUT2D eigenvalue weighted by Crippen LogP contribution is 2.77. The molecule has 15 unspecified atom stereocenters. The lowest BCUT2D eigenvalue weighted by Gasteiger charge is -2.56. The van der Waals surface area contributed by atoms with Gasteiger partial charge in [0.1, 0.15) is 42.8 Å². The molecule has 0 aliphatic heterocycles. The number of ketones is 10. The molecule has 27 heteroatoms. The van der Waals surface area contributed by atoms with Crippen LogP contribution in [-0.4, -0.2) is 169 Å². The lowest BCUT2D eigenvalue weighted by atomic mass is 9.47. The summed E-state index contributed by atoms with van der Waals surface area (Å²) in [4.78, 5) is 147. The maximum absolute atomic E-state index is 15.4. The highest BCUT2D eigenvalue weighted by atomic mass is 19.4. The smallest absolute Gasteiger partial charge is 0.395 e. The van der Waals surface area contributed by atoms with Gasteiger partial charge in [0.2, 0.25) is 5.78 Å². The third kappa shape index (κ3) is 16.2. The fraction of sp³-hybridized carbons (Fsp3) is 0.683. The normalized spacial score (nSPS) is 45.7. The summed E-state index contributed by atoms with van der Waals surface area (Å²) in [5.74, 6) is -7.75. The Morgan fingerprint density at radius 1 is 0.374 bits per heavy atom. The van der Waals surface area contributed by atoms with E-state index in [-0.39, 0.29) is 154 Å². The lowest BCUT2D eigenvalue weighted by Crippen LogP contribution is -2.58. The number of allylic oxidation sites excluding steroid dienone is 26. The second-order valence-corrected chi connectivity index (χ2v) is 51.1. The first-order valence-corrected chi connectivity index (χ1v) is 53.7. The minimum atomic E-state index is -4.46. The molecule has 20 aliphatic carbocycles. The molecule has 0 bridgehead atoms. The number of alkyl halides is 7. The van der Waals surface area contributed by atoms with Crippen molar-refractivity contribution in [2.24, 2.45) is 177 Å². The molecule has 20 aliphatic rings. The number of hydrogen-bond donors (Lipinski definition) is 6. The van der Waals surface area contributed by atoms with Crippen LogP contribution in [0.3, 0.4) is 0 Å². The summed E-state index contributed by atoms with van der Waals surface area (Å²) in [6.45, 7) is 37.9. The van der Waals surface area contributed by atoms with Crippen molar-refractivity contribution in [3.63, 3.8) is 0 Å². The Morgan fingerprint density at radius 2 is 0.762 bits per heavy atom. The number of esters is 2. The maximum atomic E-state index is 15.4. The maximum Gasteiger partial charge on any atom is 0.395 e. The molecule has 20 rings (SSSR count). The molecule has 0 heterocycles. The van der Waals surface area contributed by atoms with Crippen molar-refractivity contribution in [1.29, 1.82) is 0 Å². The van der Waals surface area contributed by atoms with Crippen molar-refractivity contribution in [3.8, 4) is 0 Å². The molecule has 6 N–H and O–H groups in total. The molecule has 10 saturated carbocycles. The van der Waals surface area contributed by atoms with E-state index in [9.17, 15) is 115 Å². The van der Waals surface area contributed by atoms with Crippen LogP contribution < -0.4 is 0 Å². The predicted octanol–water partition coefficient (Wildman–Crippen LogP) is 19.9. The lowest BCUT2D eigenvalue weighted by molar-refractivity contribution is -0.200. The summed E-state index contributed by atoms with van der Waals surface area (Å²) in [7, 11) is 0. The number of halogens is 7. The number of fused-ring (bicyclic) bond motifs is 25. The number of carbonyl (C=O) groups excluding carboxylic acids is 12. The van der Waals surface area contributed by atoms with Crippen molar-refractivity contribution >= 4 is 69.8 Å². The van der Waals surface area contributed by atoms with Gasteiger partial charge in [-0.25, -0.2) is 4.39 Å². The number of Topliss-reactive ketones (excluding diaryl/α,β-unsaturated/α-hetero) is 5. The van der Waals surface area contributed by atoms with Crippen LogP contribution in [0.25, 0.3) is 0 Å². The fourth-order valence-corrected chi connectivity index (χ4v) is 35.8. The first kappa shape index (κ1) is 111. The molecule has 0 amide bonds. The van der Waals surface area contributed by atoms with Crippen LogP contribution in [0.5, 0.6) is 0 Å². The van der Waals surface area contributed by atoms with Crippen molar-refractivity contribution in [1.82, 2.24) is 0 Å². The predicted molar refractivity (Wildman–Crippen MR) is 536 cm³/mol. The van der Waals surface area contributed by atoms with Crippen LogP contribution in [0.15, 0.2) is 153 Å². The van der Waals surface area contributed by atoms with Gasteiger partial charge in [-0.2, -0.15) is 26.3 Å². The first-order chi connectivity index (χ1) is 68.1. The standard InChI is InChI=1S/C26H31F3O4.C25H34O5.C24H29F3O3.C23H32O4.C22H27FO4/c1-14-10-19-17-12-21(26(27,28)29)20-11-16(31)6-8-23(20,3)18(17)7-9-24(19,4)25(14,5)22(32)13-33-15(2)30;1-14-10-18-19(23(4)8-6-17(27)12-20(14)23)7-9-24(5)21(18)11-15(2)25(24,29)22(28)13-30-16(3)26;1-13-9-17-20-16(6-8-22(17,3)23(13,4)19(30)12-28)21(2)7-5-15(29)10-14(21)11-18(20)24(25,26)27;1-13-9-15-11-16(25)5-7-21(15,3)17-6-8-22(4)18(20(13)17)10-14(2)23(22,27)19(26)12-24;1-12-8-16-19-15(5-7-21(16,3)22(12,27)18(26)11-24)20(2)6-4-14(25)9-13(20)10-17(19)23/h6-8,11,14,17,19,21H,9-10,12-13H2,1-5H3;7,12,14-15,18,21,29H,6,8-11,13H2,1-5H3;5-7,10,13,17-18,20,28H,8-9,11-12H2,1-4H3;6,11,13-14,18,20,24,27H,5,7-10,12H2,1-4H3;4-6,9,12,16-17,19,24,27H,7-8,10-11H2,1-3H3/t14-,17?,19?,21?,23-,24+,25-;14?,15-,18?,21?,23-,24+,25+;13-,17?,18?,20?,21-,22-,23+;13?,14-,18?,20?,21-,22-,23-;12-,16?,17?,19?,20-,21-,22-/m11000/s1. The SMILES string of the molecule is CC(=O)OCC(=O)[C@@]1(C)[C@H](C)CC2C3CC(C(F)(F)F)C4=CC(=O)C=C[C@]4(C)C3=CC[C@@]21C.CC(=O)OCC(=O)[C@@]1(O)[C@H](C)CC2C3CC(C)C4=CC(=O)CC[C@]4(C)C3=CC[C@@]21C.CC1CC2=CC(=O)CC[C@]2(C)C2=CC[C@@]3(C)C(C[C@H](C)[C@]3(O)C(=O)CO)C21.C[C@H]1CC2C3C(=CC[C@]2(C)[C@@]1(C)C(=O)CO)[C@@]1(C)C=CC(=O)C=C1CC3C(F)(F)F.C[C@H]1CC2C3C(=CC[C@]2(C)[C@@]1(O)C(=O)CO)[C@@]1(C)C=CC(=O)C=C1CC3F. The molecule has 0 radical (unpaired) electrons. The summed E-state index contributed by atoms with van der Waals surface area (Å²) in [5.41, 5.74) is -2.27. The van der Waals surface area contributed by atoms with E-state index in [4.69, 9.17) is 9.47 Å². The van der Waals surface area contributed by atoms with Gasteiger partial charge < -0.3 is 40.1 Å². The molecule has 10 fully saturated rings. The van der Waals surface area contributed by atoms with Gasteiger partial charge in [0, 0.05) is 93.2 Å². The van der Waals surface area contributed by atoms with E-state index in [1.807, 2.05) is 133 Å². The van der Waals surface area contributed by atoms with Gasteiger partial charge in [0.05, 0.1) is 11.8 Å². The van der Waals surface area contributed by atoms with Gasteiger partial charge in [-0.1, -0.05) is 204 Å². The average molecular weight is 2050 g/mol. The van der Waals surface area contributed by atoms with Gasteiger partial charge >= 0.3 is 24.3 Å². The van der Waals surface area contributed by atoms with E-state index in [0.29, 0.717) is 93.5 Å². The molecule has 0 spiro atoms. The van der Waals surface area contributed by atoms with Crippen LogP contribution in [0.2, 0.25) is 0 Å². The number of aliphatic hydroxyl groups is 6. The van der Waals surface area contributed by atoms with Crippen LogP contribution in [0, 0.1) is 177 Å². The van der Waals surface area contributed by atoms with E-state index < -0.39 is 162 Å². The fourth-order valence-electron chi connectivity index (χ4n) is 35.8. The Kier molecular flexibility index (Phi) is 28.3. The van der Waals surface area contributed by atoms with E-state index in [0.717, 1.165) is 60.8 Å². The molecule has 0 saturated heterocycles. The Balaban J connectivity index is 0.000000131. The van der Waals surface area contributed by atoms with Gasteiger partial charge in [-0.15, -0.1) is 0 Å². The summed E-state index contributed by atoms with van der Waals surface area (Å²) < 4.78 is 111. The molecule has 0 aromatic heterocycles.